The number of hydrogen-bond donors (Lipinski definition) is 0. The molecule has 38 valence electrons. The second-order valence-electron chi connectivity index (χ2n) is 0.447. The van der Waals surface area contributed by atoms with E-state index in [1.165, 1.54) is 0 Å². The van der Waals surface area contributed by atoms with Crippen LogP contribution in [0.15, 0.2) is 0 Å². The topological polar surface area (TPSA) is 0 Å². The van der Waals surface area contributed by atoms with Gasteiger partial charge in [0, 0.05) is 0 Å². The summed E-state index contributed by atoms with van der Waals surface area (Å²) in [6, 6.07) is 0. The van der Waals surface area contributed by atoms with E-state index >= 15 is 0 Å². The summed E-state index contributed by atoms with van der Waals surface area (Å²) in [4.78, 5) is 0. The summed E-state index contributed by atoms with van der Waals surface area (Å²) in [5.74, 6) is 0. The third kappa shape index (κ3) is 46.2. The van der Waals surface area contributed by atoms with Crippen LogP contribution in [0.4, 0.5) is 0 Å². The molecular weight excluding hydrogens is 816 g/mol. The Bertz CT molecular complexity index is 57.4. The Morgan fingerprint density at radius 3 is 0.875 bits per heavy atom. The van der Waals surface area contributed by atoms with Crippen LogP contribution < -0.4 is 0 Å². The summed E-state index contributed by atoms with van der Waals surface area (Å²) in [7, 11) is 15.2. The maximum Gasteiger partial charge on any atom is 1.00 e. The zero-order valence-electron chi connectivity index (χ0n) is 3.81. The van der Waals surface area contributed by atoms with E-state index in [2.05, 4.69) is 43.1 Å². The Hall–Kier alpha value is 4.59. The van der Waals surface area contributed by atoms with E-state index in [9.17, 15) is 0 Å². The summed E-state index contributed by atoms with van der Waals surface area (Å²) in [5, 5.41) is 0. The van der Waals surface area contributed by atoms with Crippen LogP contribution in [0, 0.1) is 0 Å². The molecule has 0 aromatic carbocycles. The molecule has 0 atom stereocenters. The van der Waals surface area contributed by atoms with Crippen molar-refractivity contribution in [1.82, 2.24) is 0 Å². The smallest absolute Gasteiger partial charge is 1.00 e. The quantitative estimate of drug-likeness (QED) is 0.231. The fourth-order valence-corrected chi connectivity index (χ4v) is 0. The molecule has 0 radical (unpaired) electrons. The summed E-state index contributed by atoms with van der Waals surface area (Å²) in [6.45, 7) is 0. The van der Waals surface area contributed by atoms with Crippen LogP contribution in [0.5, 0.6) is 0 Å². The Morgan fingerprint density at radius 1 is 0.875 bits per heavy atom. The first kappa shape index (κ1) is 22.9. The molecule has 0 aliphatic rings. The van der Waals surface area contributed by atoms with Crippen molar-refractivity contribution < 1.29 is 0 Å². The number of hydrogen-bond acceptors (Lipinski definition) is 4. The van der Waals surface area contributed by atoms with Crippen LogP contribution in [0.3, 0.4) is 0 Å². The molecule has 0 amide bonds. The van der Waals surface area contributed by atoms with Gasteiger partial charge in [-0.05, 0) is 0 Å². The molecule has 0 rings (SSSR count). The zero-order chi connectivity index (χ0) is 4.50. The Labute approximate surface area is 130 Å². The first-order valence-corrected chi connectivity index (χ1v) is 11.4. The molecule has 0 fully saturated rings. The molecule has 0 saturated heterocycles. The molecule has 0 aliphatic heterocycles. The minimum absolute atomic E-state index is 0. The number of rotatable bonds is 0. The van der Waals surface area contributed by atoms with Gasteiger partial charge >= 0.3 is 133 Å². The third-order valence-electron chi connectivity index (χ3n) is 0. The maximum absolute atomic E-state index is 4.44. The molecule has 0 unspecified atom stereocenters. The fraction of sp³-hybridized carbons (Fsp3) is 0. The normalized spacial score (nSPS) is 7.38. The molecule has 0 nitrogen and oxygen atoms in total. The summed E-state index contributed by atoms with van der Waals surface area (Å²) < 4.78 is 0. The first-order chi connectivity index (χ1) is 2.00. The van der Waals surface area contributed by atoms with Gasteiger partial charge in [0.2, 0.25) is 0 Å². The van der Waals surface area contributed by atoms with Crippen LogP contribution in [0.1, 0.15) is 0 Å². The third-order valence-corrected chi connectivity index (χ3v) is 0. The SMILES string of the molecule is S=[As]([S-])([S-])[S-].[Tl+].[Tl+].[Tl+]. The molecule has 8 heteroatoms. The van der Waals surface area contributed by atoms with Gasteiger partial charge in [-0.3, -0.25) is 0 Å². The van der Waals surface area contributed by atoms with Crippen molar-refractivity contribution in [3.05, 3.63) is 0 Å². The van der Waals surface area contributed by atoms with Gasteiger partial charge in [0.25, 0.3) is 0 Å². The second kappa shape index (κ2) is 11.6. The van der Waals surface area contributed by atoms with E-state index in [1.807, 2.05) is 0 Å². The average molecular weight is 816 g/mol. The molecule has 0 heterocycles. The van der Waals surface area contributed by atoms with Crippen molar-refractivity contribution >= 4 is 133 Å². The van der Waals surface area contributed by atoms with Gasteiger partial charge in [-0.25, -0.2) is 0 Å². The molecule has 0 saturated carbocycles. The van der Waals surface area contributed by atoms with Crippen LogP contribution in [-0.4, -0.2) is 90.3 Å². The van der Waals surface area contributed by atoms with Crippen molar-refractivity contribution in [2.24, 2.45) is 0 Å². The molecule has 0 spiro atoms. The Kier molecular flexibility index (Phi) is 33.2. The van der Waals surface area contributed by atoms with Crippen LogP contribution in [0.25, 0.3) is 0 Å². The average Bonchev–Trinajstić information content (AvgIpc) is 0.722. The van der Waals surface area contributed by atoms with Gasteiger partial charge in [-0.2, -0.15) is 0 Å². The zero-order valence-corrected chi connectivity index (χ0v) is 22.4. The van der Waals surface area contributed by atoms with E-state index in [0.29, 0.717) is 0 Å². The van der Waals surface area contributed by atoms with Crippen molar-refractivity contribution in [3.8, 4) is 0 Å². The van der Waals surface area contributed by atoms with Crippen LogP contribution >= 0.6 is 10.4 Å². The minimum atomic E-state index is -2.54. The van der Waals surface area contributed by atoms with Crippen molar-refractivity contribution in [1.29, 1.82) is 0 Å². The molecular formula is AsS4Tl3. The van der Waals surface area contributed by atoms with E-state index in [-0.39, 0.29) is 81.9 Å². The largest absolute Gasteiger partial charge is 1.00 e. The van der Waals surface area contributed by atoms with E-state index in [4.69, 9.17) is 0 Å². The molecule has 0 bridgehead atoms. The van der Waals surface area contributed by atoms with Gasteiger partial charge in [-0.1, -0.05) is 0 Å². The van der Waals surface area contributed by atoms with E-state index in [1.54, 1.807) is 0 Å². The predicted molar refractivity (Wildman–Crippen MR) is 52.7 cm³/mol. The molecule has 8 heavy (non-hydrogen) atoms. The summed E-state index contributed by atoms with van der Waals surface area (Å²) in [6.07, 6.45) is 0. The summed E-state index contributed by atoms with van der Waals surface area (Å²) >= 11 is 0. The minimum Gasteiger partial charge on any atom is 1.00 e. The van der Waals surface area contributed by atoms with Crippen LogP contribution in [-0.2, 0) is 32.7 Å². The van der Waals surface area contributed by atoms with Crippen molar-refractivity contribution in [3.63, 3.8) is 0 Å². The molecule has 0 aromatic rings. The van der Waals surface area contributed by atoms with Gasteiger partial charge in [0.15, 0.2) is 0 Å². The van der Waals surface area contributed by atoms with Gasteiger partial charge in [-0.15, -0.1) is 0 Å². The van der Waals surface area contributed by atoms with Gasteiger partial charge in [0.1, 0.15) is 0 Å². The van der Waals surface area contributed by atoms with E-state index in [0.717, 1.165) is 0 Å². The van der Waals surface area contributed by atoms with Gasteiger partial charge < -0.3 is 0 Å². The predicted octanol–water partition coefficient (Wildman–Crippen LogP) is -0.882. The Balaban J connectivity index is -0.0000000267. The molecule has 0 N–H and O–H groups in total. The Morgan fingerprint density at radius 2 is 0.875 bits per heavy atom. The van der Waals surface area contributed by atoms with Gasteiger partial charge in [0.05, 0.1) is 0 Å². The van der Waals surface area contributed by atoms with Crippen LogP contribution in [0.2, 0.25) is 0 Å². The summed E-state index contributed by atoms with van der Waals surface area (Å²) in [5.41, 5.74) is 0. The standard InChI is InChI=1S/AsH3S4.3Tl/c2-1(3,4)5;;;/h(H3,2,3,4,5);;;/q;3*+1/p-3. The molecule has 0 aromatic heterocycles. The monoisotopic (exact) mass is 818 g/mol. The molecule has 0 aliphatic carbocycles. The maximum atomic E-state index is 4.44. The first-order valence-electron chi connectivity index (χ1n) is 0.730. The van der Waals surface area contributed by atoms with Crippen molar-refractivity contribution in [2.45, 2.75) is 0 Å². The fourth-order valence-electron chi connectivity index (χ4n) is 0. The second-order valence-corrected chi connectivity index (χ2v) is 20.9. The van der Waals surface area contributed by atoms with E-state index < -0.39 is 8.41 Å². The van der Waals surface area contributed by atoms with Crippen molar-refractivity contribution in [2.75, 3.05) is 0 Å².